The van der Waals surface area contributed by atoms with Crippen LogP contribution in [0.15, 0.2) is 0 Å². The highest BCUT2D eigenvalue weighted by Crippen LogP contribution is 2.59. The van der Waals surface area contributed by atoms with E-state index in [0.717, 1.165) is 0 Å². The lowest BCUT2D eigenvalue weighted by Crippen LogP contribution is -2.69. The van der Waals surface area contributed by atoms with E-state index in [4.69, 9.17) is 6.42 Å². The van der Waals surface area contributed by atoms with E-state index < -0.39 is 41.7 Å². The molecule has 0 atom stereocenters. The molecular formula is C8F13. The standard InChI is InChI=1S/C8F13/c1-2-3(9,10)4(11,12)5(13,14)6(15,16)7(17,18)8(19,20)21. The van der Waals surface area contributed by atoms with Crippen molar-refractivity contribution in [3.8, 4) is 5.92 Å². The lowest BCUT2D eigenvalue weighted by molar-refractivity contribution is -0.435. The van der Waals surface area contributed by atoms with Crippen LogP contribution in [0.3, 0.4) is 0 Å². The first-order valence-electron chi connectivity index (χ1n) is 4.21. The summed E-state index contributed by atoms with van der Waals surface area (Å²) in [6.45, 7) is 0. The highest BCUT2D eigenvalue weighted by molar-refractivity contribution is 5.16. The number of hydrogen-bond acceptors (Lipinski definition) is 0. The summed E-state index contributed by atoms with van der Waals surface area (Å²) in [7, 11) is 0. The SMILES string of the molecule is [C]#CC(F)(F)C(F)(F)C(F)(F)C(F)(F)C(F)(F)C(F)(F)F. The van der Waals surface area contributed by atoms with Crippen molar-refractivity contribution in [1.29, 1.82) is 0 Å². The molecule has 0 nitrogen and oxygen atoms in total. The highest BCUT2D eigenvalue weighted by atomic mass is 19.4. The average molecular weight is 343 g/mol. The number of rotatable bonds is 4. The van der Waals surface area contributed by atoms with Crippen molar-refractivity contribution in [2.24, 2.45) is 0 Å². The van der Waals surface area contributed by atoms with E-state index in [1.807, 2.05) is 0 Å². The van der Waals surface area contributed by atoms with E-state index in [9.17, 15) is 57.1 Å². The fraction of sp³-hybridized carbons (Fsp3) is 0.750. The molecule has 21 heavy (non-hydrogen) atoms. The van der Waals surface area contributed by atoms with Crippen molar-refractivity contribution in [1.82, 2.24) is 0 Å². The minimum absolute atomic E-state index is 0.623. The zero-order chi connectivity index (χ0) is 17.7. The topological polar surface area (TPSA) is 0 Å². The molecule has 0 aromatic heterocycles. The largest absolute Gasteiger partial charge is 0.460 e. The summed E-state index contributed by atoms with van der Waals surface area (Å²) in [5.41, 5.74) is 0. The zero-order valence-electron chi connectivity index (χ0n) is 8.91. The molecular weight excluding hydrogens is 343 g/mol. The van der Waals surface area contributed by atoms with Crippen molar-refractivity contribution in [2.45, 2.75) is 35.8 Å². The van der Waals surface area contributed by atoms with E-state index >= 15 is 0 Å². The molecule has 0 rings (SSSR count). The van der Waals surface area contributed by atoms with E-state index in [-0.39, 0.29) is 0 Å². The van der Waals surface area contributed by atoms with Gasteiger partial charge in [-0.3, -0.25) is 0 Å². The van der Waals surface area contributed by atoms with Gasteiger partial charge in [-0.1, -0.05) is 0 Å². The molecule has 0 spiro atoms. The molecule has 0 unspecified atom stereocenters. The monoisotopic (exact) mass is 343 g/mol. The smallest absolute Gasteiger partial charge is 0.192 e. The van der Waals surface area contributed by atoms with Gasteiger partial charge < -0.3 is 0 Å². The molecule has 1 radical (unpaired) electrons. The molecule has 0 aromatic carbocycles. The molecule has 13 heteroatoms. The van der Waals surface area contributed by atoms with Crippen LogP contribution in [0.2, 0.25) is 0 Å². The Kier molecular flexibility index (Phi) is 4.28. The van der Waals surface area contributed by atoms with Crippen LogP contribution in [0.4, 0.5) is 57.1 Å². The van der Waals surface area contributed by atoms with Gasteiger partial charge in [-0.2, -0.15) is 57.1 Å². The highest BCUT2D eigenvalue weighted by Gasteiger charge is 2.90. The Labute approximate surface area is 106 Å². The van der Waals surface area contributed by atoms with Crippen LogP contribution in [0.25, 0.3) is 0 Å². The van der Waals surface area contributed by atoms with Gasteiger partial charge in [0.15, 0.2) is 0 Å². The summed E-state index contributed by atoms with van der Waals surface area (Å²) in [5, 5.41) is 0. The molecule has 0 saturated heterocycles. The predicted molar refractivity (Wildman–Crippen MR) is 37.9 cm³/mol. The van der Waals surface area contributed by atoms with Crippen LogP contribution in [0, 0.1) is 12.3 Å². The fourth-order valence-corrected chi connectivity index (χ4v) is 0.848. The van der Waals surface area contributed by atoms with Gasteiger partial charge in [0.2, 0.25) is 0 Å². The molecule has 123 valence electrons. The second kappa shape index (κ2) is 4.57. The molecule has 0 bridgehead atoms. The van der Waals surface area contributed by atoms with Gasteiger partial charge in [-0.15, -0.1) is 0 Å². The van der Waals surface area contributed by atoms with Crippen LogP contribution in [-0.2, 0) is 0 Å². The number of hydrogen-bond donors (Lipinski definition) is 0. The van der Waals surface area contributed by atoms with Gasteiger partial charge in [0.25, 0.3) is 0 Å². The summed E-state index contributed by atoms with van der Waals surface area (Å²) in [4.78, 5) is 0. The normalized spacial score (nSPS) is 15.8. The fourth-order valence-electron chi connectivity index (χ4n) is 0.848. The van der Waals surface area contributed by atoms with Gasteiger partial charge in [0.1, 0.15) is 0 Å². The number of alkyl halides is 13. The molecule has 0 aliphatic rings. The molecule has 0 aromatic rings. The first-order chi connectivity index (χ1) is 8.81. The van der Waals surface area contributed by atoms with Gasteiger partial charge in [0, 0.05) is 0 Å². The molecule has 0 N–H and O–H groups in total. The maximum Gasteiger partial charge on any atom is 0.460 e. The minimum Gasteiger partial charge on any atom is -0.192 e. The summed E-state index contributed by atoms with van der Waals surface area (Å²) >= 11 is 0. The molecule has 0 aliphatic heterocycles. The lowest BCUT2D eigenvalue weighted by atomic mass is 9.94. The quantitative estimate of drug-likeness (QED) is 0.527. The predicted octanol–water partition coefficient (Wildman–Crippen LogP) is 4.31. The van der Waals surface area contributed by atoms with Gasteiger partial charge in [0.05, 0.1) is 0 Å². The average Bonchev–Trinajstić information content (AvgIpc) is 2.26. The molecule has 0 aliphatic carbocycles. The number of halogens is 13. The van der Waals surface area contributed by atoms with E-state index in [1.54, 1.807) is 0 Å². The van der Waals surface area contributed by atoms with E-state index in [2.05, 4.69) is 0 Å². The van der Waals surface area contributed by atoms with Gasteiger partial charge >= 0.3 is 35.8 Å². The van der Waals surface area contributed by atoms with Crippen LogP contribution >= 0.6 is 0 Å². The van der Waals surface area contributed by atoms with Crippen LogP contribution in [-0.4, -0.2) is 35.8 Å². The molecule has 0 amide bonds. The molecule has 0 fully saturated rings. The second-order valence-corrected chi connectivity index (χ2v) is 3.49. The van der Waals surface area contributed by atoms with Crippen LogP contribution < -0.4 is 0 Å². The Morgan fingerprint density at radius 3 is 1.00 bits per heavy atom. The summed E-state index contributed by atoms with van der Waals surface area (Å²) < 4.78 is 159. The summed E-state index contributed by atoms with van der Waals surface area (Å²) in [5.74, 6) is -38.1. The Morgan fingerprint density at radius 2 is 0.762 bits per heavy atom. The summed E-state index contributed by atoms with van der Waals surface area (Å²) in [6, 6.07) is 0. The third-order valence-corrected chi connectivity index (χ3v) is 2.09. The minimum atomic E-state index is -7.93. The summed E-state index contributed by atoms with van der Waals surface area (Å²) in [6.07, 6.45) is -1.87. The van der Waals surface area contributed by atoms with Crippen molar-refractivity contribution < 1.29 is 57.1 Å². The maximum absolute atomic E-state index is 12.6. The third-order valence-electron chi connectivity index (χ3n) is 2.09. The van der Waals surface area contributed by atoms with Crippen LogP contribution in [0.1, 0.15) is 0 Å². The zero-order valence-corrected chi connectivity index (χ0v) is 8.91. The molecule has 0 heterocycles. The van der Waals surface area contributed by atoms with Crippen molar-refractivity contribution in [3.63, 3.8) is 0 Å². The Bertz CT molecular complexity index is 434. The Morgan fingerprint density at radius 1 is 0.476 bits per heavy atom. The van der Waals surface area contributed by atoms with Crippen molar-refractivity contribution in [2.75, 3.05) is 0 Å². The second-order valence-electron chi connectivity index (χ2n) is 3.49. The third kappa shape index (κ3) is 2.38. The van der Waals surface area contributed by atoms with E-state index in [0.29, 0.717) is 0 Å². The Balaban J connectivity index is 6.22. The first-order valence-corrected chi connectivity index (χ1v) is 4.21. The lowest BCUT2D eigenvalue weighted by Gasteiger charge is -2.38. The van der Waals surface area contributed by atoms with Crippen molar-refractivity contribution in [3.05, 3.63) is 6.42 Å². The first kappa shape index (κ1) is 19.7. The van der Waals surface area contributed by atoms with E-state index in [1.165, 1.54) is 0 Å². The van der Waals surface area contributed by atoms with Gasteiger partial charge in [-0.05, 0) is 12.3 Å². The van der Waals surface area contributed by atoms with Crippen molar-refractivity contribution >= 4 is 0 Å². The Hall–Kier alpha value is -1.35. The van der Waals surface area contributed by atoms with Crippen LogP contribution in [0.5, 0.6) is 0 Å². The molecule has 0 saturated carbocycles. The van der Waals surface area contributed by atoms with Gasteiger partial charge in [-0.25, -0.2) is 0 Å². The maximum atomic E-state index is 12.6.